The van der Waals surface area contributed by atoms with Crippen molar-refractivity contribution in [1.29, 1.82) is 0 Å². The number of rotatable bonds is 4. The highest BCUT2D eigenvalue weighted by Crippen LogP contribution is 2.25. The maximum atomic E-state index is 13.3. The number of phenolic OH excluding ortho intramolecular Hbond substituents is 1. The van der Waals surface area contributed by atoms with Crippen molar-refractivity contribution in [2.45, 2.75) is 13.2 Å². The molecule has 1 aromatic heterocycles. The van der Waals surface area contributed by atoms with E-state index in [4.69, 9.17) is 4.74 Å². The number of alkyl halides is 2. The van der Waals surface area contributed by atoms with E-state index in [0.717, 1.165) is 0 Å². The van der Waals surface area contributed by atoms with Gasteiger partial charge in [0.2, 0.25) is 0 Å². The van der Waals surface area contributed by atoms with Crippen molar-refractivity contribution in [3.05, 3.63) is 58.3 Å². The van der Waals surface area contributed by atoms with Gasteiger partial charge in [0.25, 0.3) is 0 Å². The van der Waals surface area contributed by atoms with Crippen LogP contribution in [0.4, 0.5) is 8.78 Å². The van der Waals surface area contributed by atoms with Gasteiger partial charge in [-0.25, -0.2) is 9.78 Å². The number of nitrogens with zero attached hydrogens (tertiary/aromatic N) is 2. The van der Waals surface area contributed by atoms with Gasteiger partial charge >= 0.3 is 12.5 Å². The van der Waals surface area contributed by atoms with Gasteiger partial charge in [0, 0.05) is 4.47 Å². The molecule has 0 saturated heterocycles. The Morgan fingerprint density at radius 3 is 2.79 bits per heavy atom. The van der Waals surface area contributed by atoms with Gasteiger partial charge in [-0.3, -0.25) is 4.57 Å². The number of imidazole rings is 1. The van der Waals surface area contributed by atoms with Gasteiger partial charge in [0.1, 0.15) is 17.9 Å². The third-order valence-corrected chi connectivity index (χ3v) is 3.87. The van der Waals surface area contributed by atoms with Crippen molar-refractivity contribution < 1.29 is 23.4 Å². The van der Waals surface area contributed by atoms with Crippen LogP contribution in [0, 0.1) is 0 Å². The first kappa shape index (κ1) is 16.4. The van der Waals surface area contributed by atoms with Crippen molar-refractivity contribution in [3.63, 3.8) is 0 Å². The number of halogens is 3. The molecule has 0 aliphatic heterocycles. The zero-order valence-electron chi connectivity index (χ0n) is 12.1. The van der Waals surface area contributed by atoms with Gasteiger partial charge in [-0.05, 0) is 30.3 Å². The number of fused-ring (bicyclic) bond motifs is 1. The summed E-state index contributed by atoms with van der Waals surface area (Å²) in [5, 5.41) is 9.70. The van der Waals surface area contributed by atoms with Gasteiger partial charge in [-0.15, -0.1) is 0 Å². The number of esters is 1. The number of aromatic nitrogens is 2. The van der Waals surface area contributed by atoms with Crippen LogP contribution >= 0.6 is 15.9 Å². The predicted molar refractivity (Wildman–Crippen MR) is 85.9 cm³/mol. The van der Waals surface area contributed by atoms with Crippen molar-refractivity contribution in [2.24, 2.45) is 0 Å². The van der Waals surface area contributed by atoms with E-state index in [2.05, 4.69) is 20.9 Å². The van der Waals surface area contributed by atoms with E-state index in [9.17, 15) is 18.7 Å². The number of carbonyl (C=O) groups excluding carboxylic acids is 1. The minimum atomic E-state index is -2.81. The Labute approximate surface area is 143 Å². The Balaban J connectivity index is 1.86. The van der Waals surface area contributed by atoms with Gasteiger partial charge in [-0.1, -0.05) is 28.1 Å². The average molecular weight is 397 g/mol. The van der Waals surface area contributed by atoms with Crippen molar-refractivity contribution in [3.8, 4) is 5.75 Å². The topological polar surface area (TPSA) is 64.3 Å². The number of aromatic hydroxyl groups is 1. The Kier molecular flexibility index (Phi) is 4.48. The number of hydrogen-bond acceptors (Lipinski definition) is 4. The molecule has 0 fully saturated rings. The summed E-state index contributed by atoms with van der Waals surface area (Å²) >= 11 is 3.18. The molecule has 0 atom stereocenters. The Hall–Kier alpha value is -2.48. The summed E-state index contributed by atoms with van der Waals surface area (Å²) in [6.45, 7) is -3.26. The number of phenols is 1. The number of hydrogen-bond donors (Lipinski definition) is 1. The van der Waals surface area contributed by atoms with Gasteiger partial charge in [-0.2, -0.15) is 8.78 Å². The van der Waals surface area contributed by atoms with Crippen LogP contribution in [-0.2, 0) is 11.3 Å². The zero-order valence-corrected chi connectivity index (χ0v) is 13.7. The molecule has 0 radical (unpaired) electrons. The lowest BCUT2D eigenvalue weighted by atomic mass is 10.2. The summed E-state index contributed by atoms with van der Waals surface area (Å²) in [6, 6.07) is 10.7. The Morgan fingerprint density at radius 1 is 1.29 bits per heavy atom. The highest BCUT2D eigenvalue weighted by Gasteiger charge is 2.20. The van der Waals surface area contributed by atoms with E-state index in [1.165, 1.54) is 18.2 Å². The third kappa shape index (κ3) is 3.09. The highest BCUT2D eigenvalue weighted by molar-refractivity contribution is 9.10. The zero-order chi connectivity index (χ0) is 17.3. The average Bonchev–Trinajstić information content (AvgIpc) is 2.93. The fraction of sp³-hybridized carbons (Fsp3) is 0.125. The molecule has 1 N–H and O–H groups in total. The Morgan fingerprint density at radius 2 is 2.04 bits per heavy atom. The molecule has 0 bridgehead atoms. The molecule has 1 heterocycles. The smallest absolute Gasteiger partial charge is 0.342 e. The lowest BCUT2D eigenvalue weighted by Crippen LogP contribution is -2.10. The summed E-state index contributed by atoms with van der Waals surface area (Å²) in [5.74, 6) is -1.17. The summed E-state index contributed by atoms with van der Waals surface area (Å²) in [6.07, 6.45) is 0. The first-order valence-electron chi connectivity index (χ1n) is 6.87. The van der Waals surface area contributed by atoms with Gasteiger partial charge in [0.05, 0.1) is 11.0 Å². The van der Waals surface area contributed by atoms with E-state index in [0.29, 0.717) is 14.6 Å². The number of para-hydroxylation sites is 2. The van der Waals surface area contributed by atoms with Crippen LogP contribution < -0.4 is 0 Å². The van der Waals surface area contributed by atoms with E-state index < -0.39 is 19.1 Å². The molecule has 3 aromatic rings. The number of ether oxygens (including phenoxy) is 1. The van der Waals surface area contributed by atoms with E-state index in [-0.39, 0.29) is 22.7 Å². The molecular weight excluding hydrogens is 386 g/mol. The molecule has 0 amide bonds. The van der Waals surface area contributed by atoms with Crippen LogP contribution in [0.5, 0.6) is 5.75 Å². The molecule has 2 aromatic carbocycles. The molecular formula is C16H11BrF2N2O3. The molecule has 8 heteroatoms. The summed E-state index contributed by atoms with van der Waals surface area (Å²) < 4.78 is 32.9. The second-order valence-electron chi connectivity index (χ2n) is 4.90. The minimum absolute atomic E-state index is 0.0657. The van der Waals surface area contributed by atoms with Crippen LogP contribution in [0.1, 0.15) is 22.7 Å². The quantitative estimate of drug-likeness (QED) is 0.669. The van der Waals surface area contributed by atoms with E-state index >= 15 is 0 Å². The second-order valence-corrected chi connectivity index (χ2v) is 5.82. The fourth-order valence-electron chi connectivity index (χ4n) is 2.29. The monoisotopic (exact) mass is 396 g/mol. The van der Waals surface area contributed by atoms with Crippen molar-refractivity contribution in [1.82, 2.24) is 9.55 Å². The van der Waals surface area contributed by atoms with Crippen LogP contribution in [0.3, 0.4) is 0 Å². The molecule has 24 heavy (non-hydrogen) atoms. The first-order valence-corrected chi connectivity index (χ1v) is 7.66. The van der Waals surface area contributed by atoms with Crippen LogP contribution in [-0.4, -0.2) is 20.6 Å². The predicted octanol–water partition coefficient (Wildman–Crippen LogP) is 4.26. The minimum Gasteiger partial charge on any atom is -0.507 e. The standard InChI is InChI=1S/C16H11BrF2N2O3/c17-9-5-6-13(22)10(7-9)15(23)24-8-14-20-11-3-1-2-4-12(11)21(14)16(18)19/h1-7,16,22H,8H2. The first-order chi connectivity index (χ1) is 11.5. The summed E-state index contributed by atoms with van der Waals surface area (Å²) in [7, 11) is 0. The maximum Gasteiger partial charge on any atom is 0.342 e. The molecule has 124 valence electrons. The fourth-order valence-corrected chi connectivity index (χ4v) is 2.65. The third-order valence-electron chi connectivity index (χ3n) is 3.37. The van der Waals surface area contributed by atoms with E-state index in [1.54, 1.807) is 24.3 Å². The molecule has 0 aliphatic rings. The van der Waals surface area contributed by atoms with Crippen LogP contribution in [0.25, 0.3) is 11.0 Å². The van der Waals surface area contributed by atoms with Gasteiger partial charge < -0.3 is 9.84 Å². The maximum absolute atomic E-state index is 13.3. The van der Waals surface area contributed by atoms with E-state index in [1.807, 2.05) is 0 Å². The van der Waals surface area contributed by atoms with Crippen LogP contribution in [0.15, 0.2) is 46.9 Å². The normalized spacial score (nSPS) is 11.2. The molecule has 5 nitrogen and oxygen atoms in total. The number of benzene rings is 2. The van der Waals surface area contributed by atoms with Crippen molar-refractivity contribution in [2.75, 3.05) is 0 Å². The molecule has 3 rings (SSSR count). The van der Waals surface area contributed by atoms with Crippen LogP contribution in [0.2, 0.25) is 0 Å². The molecule has 0 saturated carbocycles. The molecule has 0 spiro atoms. The molecule has 0 aliphatic carbocycles. The highest BCUT2D eigenvalue weighted by atomic mass is 79.9. The molecule has 0 unspecified atom stereocenters. The summed E-state index contributed by atoms with van der Waals surface area (Å²) in [4.78, 5) is 16.1. The SMILES string of the molecule is O=C(OCc1nc2ccccc2n1C(F)F)c1cc(Br)ccc1O. The van der Waals surface area contributed by atoms with Crippen molar-refractivity contribution >= 4 is 32.9 Å². The Bertz CT molecular complexity index is 911. The second kappa shape index (κ2) is 6.56. The lowest BCUT2D eigenvalue weighted by molar-refractivity contribution is 0.0384. The lowest BCUT2D eigenvalue weighted by Gasteiger charge is -2.09. The number of carbonyl (C=O) groups is 1. The summed E-state index contributed by atoms with van der Waals surface area (Å²) in [5.41, 5.74) is 0.571. The largest absolute Gasteiger partial charge is 0.507 e. The van der Waals surface area contributed by atoms with Gasteiger partial charge in [0.15, 0.2) is 5.82 Å².